The molecule has 1 unspecified atom stereocenters. The molecule has 5 heterocycles. The van der Waals surface area contributed by atoms with E-state index in [1.54, 1.807) is 4.90 Å². The predicted octanol–water partition coefficient (Wildman–Crippen LogP) is 3.95. The highest BCUT2D eigenvalue weighted by molar-refractivity contribution is 6.33. The Morgan fingerprint density at radius 2 is 2.09 bits per heavy atom. The van der Waals surface area contributed by atoms with Crippen molar-refractivity contribution in [1.82, 2.24) is 19.2 Å². The molecule has 2 amide bonds. The number of fused-ring (bicyclic) bond motifs is 1. The highest BCUT2D eigenvalue weighted by Crippen LogP contribution is 2.37. The second-order valence-electron chi connectivity index (χ2n) is 8.29. The SMILES string of the molecule is CO[C@H]1CN(C(=O)c2nc3c(C(F)(F)F)cc(-c4ccoc4)cn3c2Cl)CCC1N1CCOC1=O. The quantitative estimate of drug-likeness (QED) is 0.526. The van der Waals surface area contributed by atoms with Gasteiger partial charge < -0.3 is 18.8 Å². The van der Waals surface area contributed by atoms with E-state index in [-0.39, 0.29) is 42.1 Å². The number of cyclic esters (lactones) is 1. The number of imidazole rings is 1. The van der Waals surface area contributed by atoms with Crippen LogP contribution in [0.2, 0.25) is 5.15 Å². The van der Waals surface area contributed by atoms with Gasteiger partial charge in [0.2, 0.25) is 0 Å². The van der Waals surface area contributed by atoms with Crippen molar-refractivity contribution in [2.45, 2.75) is 24.7 Å². The zero-order chi connectivity index (χ0) is 24.9. The maximum absolute atomic E-state index is 13.9. The van der Waals surface area contributed by atoms with E-state index in [1.807, 2.05) is 0 Å². The zero-order valence-corrected chi connectivity index (χ0v) is 19.2. The minimum absolute atomic E-state index is 0.111. The van der Waals surface area contributed by atoms with Crippen LogP contribution in [0.25, 0.3) is 16.8 Å². The first-order valence-electron chi connectivity index (χ1n) is 10.8. The van der Waals surface area contributed by atoms with Crippen LogP contribution in [0.1, 0.15) is 22.5 Å². The van der Waals surface area contributed by atoms with Gasteiger partial charge in [-0.05, 0) is 18.6 Å². The molecule has 35 heavy (non-hydrogen) atoms. The largest absolute Gasteiger partial charge is 0.472 e. The second kappa shape index (κ2) is 8.76. The molecule has 0 spiro atoms. The van der Waals surface area contributed by atoms with Crippen molar-refractivity contribution in [3.63, 3.8) is 0 Å². The Morgan fingerprint density at radius 3 is 2.71 bits per heavy atom. The molecule has 186 valence electrons. The molecule has 0 aliphatic carbocycles. The fourth-order valence-electron chi connectivity index (χ4n) is 4.58. The van der Waals surface area contributed by atoms with Crippen molar-refractivity contribution in [2.24, 2.45) is 0 Å². The number of furan rings is 1. The van der Waals surface area contributed by atoms with Crippen LogP contribution in [0.3, 0.4) is 0 Å². The molecule has 2 aliphatic heterocycles. The Labute approximate surface area is 201 Å². The lowest BCUT2D eigenvalue weighted by Gasteiger charge is -2.40. The first-order chi connectivity index (χ1) is 16.7. The fraction of sp³-hybridized carbons (Fsp3) is 0.409. The van der Waals surface area contributed by atoms with Crippen LogP contribution in [0.15, 0.2) is 35.3 Å². The van der Waals surface area contributed by atoms with E-state index in [4.69, 9.17) is 25.5 Å². The highest BCUT2D eigenvalue weighted by Gasteiger charge is 2.41. The van der Waals surface area contributed by atoms with E-state index in [1.165, 1.54) is 36.8 Å². The van der Waals surface area contributed by atoms with Gasteiger partial charge in [0.15, 0.2) is 11.3 Å². The summed E-state index contributed by atoms with van der Waals surface area (Å²) in [6.07, 6.45) is -1.24. The standard InChI is InChI=1S/C22H20ClF3N4O5/c1-33-16-10-28(4-2-15(16)29-5-7-35-21(29)32)20(31)17-18(23)30-9-13(12-3-6-34-11-12)8-14(19(30)27-17)22(24,25)26/h3,6,8-9,11,15-16H,2,4-5,7,10H2,1H3/t15?,16-/m0/s1. The average molecular weight is 513 g/mol. The number of ether oxygens (including phenoxy) is 2. The second-order valence-corrected chi connectivity index (χ2v) is 8.64. The smallest absolute Gasteiger partial charge is 0.420 e. The van der Waals surface area contributed by atoms with Crippen molar-refractivity contribution < 1.29 is 36.7 Å². The third kappa shape index (κ3) is 4.10. The van der Waals surface area contributed by atoms with Gasteiger partial charge in [-0.15, -0.1) is 0 Å². The summed E-state index contributed by atoms with van der Waals surface area (Å²) in [6.45, 7) is 1.06. The molecular weight excluding hydrogens is 493 g/mol. The number of alkyl halides is 3. The monoisotopic (exact) mass is 512 g/mol. The van der Waals surface area contributed by atoms with Crippen LogP contribution >= 0.6 is 11.6 Å². The molecule has 2 aliphatic rings. The Balaban J connectivity index is 1.48. The first-order valence-corrected chi connectivity index (χ1v) is 11.1. The van der Waals surface area contributed by atoms with Gasteiger partial charge in [-0.2, -0.15) is 13.2 Å². The number of halogens is 4. The number of nitrogens with zero attached hydrogens (tertiary/aromatic N) is 4. The summed E-state index contributed by atoms with van der Waals surface area (Å²) in [5.41, 5.74) is -1.18. The normalized spacial score (nSPS) is 21.1. The Morgan fingerprint density at radius 1 is 1.29 bits per heavy atom. The summed E-state index contributed by atoms with van der Waals surface area (Å²) >= 11 is 6.41. The van der Waals surface area contributed by atoms with Crippen LogP contribution in [0, 0.1) is 0 Å². The minimum Gasteiger partial charge on any atom is -0.472 e. The van der Waals surface area contributed by atoms with E-state index in [0.29, 0.717) is 18.5 Å². The Kier molecular flexibility index (Phi) is 5.88. The van der Waals surface area contributed by atoms with Crippen molar-refractivity contribution in [2.75, 3.05) is 33.4 Å². The summed E-state index contributed by atoms with van der Waals surface area (Å²) in [7, 11) is 1.47. The van der Waals surface area contributed by atoms with E-state index >= 15 is 0 Å². The van der Waals surface area contributed by atoms with Crippen LogP contribution in [-0.4, -0.2) is 76.7 Å². The number of carbonyl (C=O) groups is 2. The number of pyridine rings is 1. The summed E-state index contributed by atoms with van der Waals surface area (Å²) in [4.78, 5) is 32.3. The van der Waals surface area contributed by atoms with Gasteiger partial charge in [-0.25, -0.2) is 9.78 Å². The van der Waals surface area contributed by atoms with Gasteiger partial charge in [0, 0.05) is 37.5 Å². The van der Waals surface area contributed by atoms with Gasteiger partial charge >= 0.3 is 12.3 Å². The number of hydrogen-bond acceptors (Lipinski definition) is 6. The number of hydrogen-bond donors (Lipinski definition) is 0. The van der Waals surface area contributed by atoms with E-state index in [0.717, 1.165) is 10.5 Å². The lowest BCUT2D eigenvalue weighted by Crippen LogP contribution is -2.56. The topological polar surface area (TPSA) is 89.5 Å². The van der Waals surface area contributed by atoms with E-state index in [2.05, 4.69) is 4.98 Å². The van der Waals surface area contributed by atoms with Crippen LogP contribution in [0.4, 0.5) is 18.0 Å². The molecule has 0 radical (unpaired) electrons. The molecule has 2 fully saturated rings. The molecule has 0 bridgehead atoms. The van der Waals surface area contributed by atoms with Crippen LogP contribution < -0.4 is 0 Å². The summed E-state index contributed by atoms with van der Waals surface area (Å²) < 4.78 is 58.2. The average Bonchev–Trinajstić information content (AvgIpc) is 3.58. The van der Waals surface area contributed by atoms with Crippen LogP contribution in [-0.2, 0) is 15.7 Å². The number of rotatable bonds is 4. The molecule has 3 aromatic rings. The van der Waals surface area contributed by atoms with Gasteiger partial charge in [0.05, 0.1) is 36.8 Å². The highest BCUT2D eigenvalue weighted by atomic mass is 35.5. The molecular formula is C22H20ClF3N4O5. The number of aromatic nitrogens is 2. The lowest BCUT2D eigenvalue weighted by molar-refractivity contribution is -0.136. The zero-order valence-electron chi connectivity index (χ0n) is 18.4. The summed E-state index contributed by atoms with van der Waals surface area (Å²) in [6, 6.07) is 2.17. The molecule has 13 heteroatoms. The number of amides is 2. The third-order valence-corrected chi connectivity index (χ3v) is 6.69. The first kappa shape index (κ1) is 23.5. The van der Waals surface area contributed by atoms with Crippen molar-refractivity contribution >= 4 is 29.2 Å². The van der Waals surface area contributed by atoms with Gasteiger partial charge in [-0.3, -0.25) is 14.1 Å². The van der Waals surface area contributed by atoms with E-state index < -0.39 is 35.5 Å². The van der Waals surface area contributed by atoms with Crippen molar-refractivity contribution in [3.8, 4) is 11.1 Å². The third-order valence-electron chi connectivity index (χ3n) is 6.33. The van der Waals surface area contributed by atoms with Gasteiger partial charge in [-0.1, -0.05) is 11.6 Å². The maximum atomic E-state index is 13.9. The minimum atomic E-state index is -4.74. The number of likely N-dealkylation sites (tertiary alicyclic amines) is 1. The van der Waals surface area contributed by atoms with E-state index in [9.17, 15) is 22.8 Å². The van der Waals surface area contributed by atoms with Crippen molar-refractivity contribution in [1.29, 1.82) is 0 Å². The van der Waals surface area contributed by atoms with Gasteiger partial charge in [0.25, 0.3) is 5.91 Å². The predicted molar refractivity (Wildman–Crippen MR) is 116 cm³/mol. The van der Waals surface area contributed by atoms with Crippen molar-refractivity contribution in [3.05, 3.63) is 47.3 Å². The molecule has 0 aromatic carbocycles. The number of carbonyl (C=O) groups excluding carboxylic acids is 2. The maximum Gasteiger partial charge on any atom is 0.420 e. The molecule has 2 saturated heterocycles. The molecule has 0 N–H and O–H groups in total. The number of piperidine rings is 1. The molecule has 2 atom stereocenters. The molecule has 9 nitrogen and oxygen atoms in total. The number of methoxy groups -OCH3 is 1. The molecule has 3 aromatic heterocycles. The Hall–Kier alpha value is -3.25. The van der Waals surface area contributed by atoms with Gasteiger partial charge in [0.1, 0.15) is 11.8 Å². The molecule has 0 saturated carbocycles. The summed E-state index contributed by atoms with van der Waals surface area (Å²) in [5.74, 6) is -0.624. The Bertz CT molecular complexity index is 1280. The van der Waals surface area contributed by atoms with Crippen LogP contribution in [0.5, 0.6) is 0 Å². The summed E-state index contributed by atoms with van der Waals surface area (Å²) in [5, 5.41) is -0.236. The molecule has 5 rings (SSSR count). The fourth-order valence-corrected chi connectivity index (χ4v) is 4.83. The lowest BCUT2D eigenvalue weighted by atomic mass is 10.00.